The average Bonchev–Trinajstić information content (AvgIpc) is 3.11. The Morgan fingerprint density at radius 1 is 0.963 bits per heavy atom. The minimum Gasteiger partial charge on any atom is -0.309 e. The number of likely N-dealkylation sites (N-methyl/N-ethyl adjacent to an activating group) is 1. The van der Waals surface area contributed by atoms with Gasteiger partial charge < -0.3 is 4.90 Å². The molecule has 0 saturated carbocycles. The molecular formula is C21H22N6. The minimum absolute atomic E-state index is 0.644. The van der Waals surface area contributed by atoms with Crippen molar-refractivity contribution in [2.45, 2.75) is 6.42 Å². The lowest BCUT2D eigenvalue weighted by molar-refractivity contribution is 0.413. The largest absolute Gasteiger partial charge is 0.309 e. The van der Waals surface area contributed by atoms with Crippen molar-refractivity contribution in [3.05, 3.63) is 72.7 Å². The highest BCUT2D eigenvalue weighted by Crippen LogP contribution is 2.29. The first-order valence-electron chi connectivity index (χ1n) is 8.95. The molecule has 6 heteroatoms. The van der Waals surface area contributed by atoms with Crippen LogP contribution in [0.4, 0.5) is 5.69 Å². The number of rotatable bonds is 6. The summed E-state index contributed by atoms with van der Waals surface area (Å²) in [7, 11) is 4.18. The fraction of sp³-hybridized carbons (Fsp3) is 0.190. The molecule has 0 bridgehead atoms. The van der Waals surface area contributed by atoms with Gasteiger partial charge >= 0.3 is 0 Å². The van der Waals surface area contributed by atoms with E-state index in [1.54, 1.807) is 6.33 Å². The molecule has 0 saturated heterocycles. The summed E-state index contributed by atoms with van der Waals surface area (Å²) in [5, 5.41) is 8.49. The van der Waals surface area contributed by atoms with E-state index >= 15 is 0 Å². The van der Waals surface area contributed by atoms with E-state index in [0.717, 1.165) is 35.5 Å². The molecule has 0 aliphatic carbocycles. The molecule has 136 valence electrons. The fourth-order valence-corrected chi connectivity index (χ4v) is 2.93. The first kappa shape index (κ1) is 17.2. The van der Waals surface area contributed by atoms with Gasteiger partial charge in [0, 0.05) is 18.3 Å². The van der Waals surface area contributed by atoms with E-state index in [2.05, 4.69) is 63.9 Å². The van der Waals surface area contributed by atoms with Crippen LogP contribution in [-0.4, -0.2) is 45.4 Å². The van der Waals surface area contributed by atoms with Crippen LogP contribution in [0.15, 0.2) is 67.1 Å². The zero-order chi connectivity index (χ0) is 18.6. The van der Waals surface area contributed by atoms with Crippen LogP contribution in [0, 0.1) is 0 Å². The predicted octanol–water partition coefficient (Wildman–Crippen LogP) is 3.42. The lowest BCUT2D eigenvalue weighted by atomic mass is 10.1. The Bertz CT molecular complexity index is 975. The zero-order valence-electron chi connectivity index (χ0n) is 15.5. The summed E-state index contributed by atoms with van der Waals surface area (Å²) in [5.41, 5.74) is 8.46. The smallest absolute Gasteiger partial charge is 0.187 e. The van der Waals surface area contributed by atoms with Crippen molar-refractivity contribution >= 4 is 5.69 Å². The van der Waals surface area contributed by atoms with E-state index in [1.807, 2.05) is 41.2 Å². The van der Waals surface area contributed by atoms with Crippen LogP contribution in [0.25, 0.3) is 22.6 Å². The van der Waals surface area contributed by atoms with Gasteiger partial charge in [0.05, 0.1) is 11.3 Å². The van der Waals surface area contributed by atoms with E-state index in [9.17, 15) is 0 Å². The van der Waals surface area contributed by atoms with Crippen molar-refractivity contribution < 1.29 is 0 Å². The Morgan fingerprint density at radius 2 is 1.74 bits per heavy atom. The number of hydrogen-bond donors (Lipinski definition) is 1. The average molecular weight is 358 g/mol. The van der Waals surface area contributed by atoms with Gasteiger partial charge in [-0.3, -0.25) is 10.1 Å². The van der Waals surface area contributed by atoms with Gasteiger partial charge in [-0.15, -0.1) is 10.2 Å². The van der Waals surface area contributed by atoms with E-state index in [4.69, 9.17) is 0 Å². The van der Waals surface area contributed by atoms with Gasteiger partial charge in [-0.05, 0) is 38.2 Å². The Morgan fingerprint density at radius 3 is 2.48 bits per heavy atom. The molecule has 2 heterocycles. The highest BCUT2D eigenvalue weighted by atomic mass is 15.4. The Hall–Kier alpha value is -3.25. The van der Waals surface area contributed by atoms with Crippen LogP contribution < -0.4 is 5.43 Å². The number of nitrogens with one attached hydrogen (secondary N) is 1. The number of hydrogen-bond acceptors (Lipinski definition) is 5. The van der Waals surface area contributed by atoms with Gasteiger partial charge in [-0.1, -0.05) is 42.5 Å². The van der Waals surface area contributed by atoms with Gasteiger partial charge in [0.2, 0.25) is 0 Å². The minimum atomic E-state index is 0.644. The van der Waals surface area contributed by atoms with Crippen molar-refractivity contribution in [3.8, 4) is 22.6 Å². The van der Waals surface area contributed by atoms with Crippen molar-refractivity contribution in [1.29, 1.82) is 0 Å². The van der Waals surface area contributed by atoms with Gasteiger partial charge in [-0.2, -0.15) is 0 Å². The van der Waals surface area contributed by atoms with Crippen molar-refractivity contribution in [2.24, 2.45) is 0 Å². The van der Waals surface area contributed by atoms with Gasteiger partial charge in [-0.25, -0.2) is 4.98 Å². The molecule has 0 spiro atoms. The third-order valence-corrected chi connectivity index (χ3v) is 4.42. The summed E-state index contributed by atoms with van der Waals surface area (Å²) >= 11 is 0. The van der Waals surface area contributed by atoms with E-state index in [-0.39, 0.29) is 0 Å². The second-order valence-corrected chi connectivity index (χ2v) is 6.79. The molecule has 2 aliphatic heterocycles. The topological polar surface area (TPSA) is 58.9 Å². The Balaban J connectivity index is 1.55. The van der Waals surface area contributed by atoms with Crippen molar-refractivity contribution in [3.63, 3.8) is 0 Å². The van der Waals surface area contributed by atoms with Crippen LogP contribution in [0.2, 0.25) is 0 Å². The molecule has 2 aromatic carbocycles. The normalized spacial score (nSPS) is 11.2. The molecule has 0 atom stereocenters. The summed E-state index contributed by atoms with van der Waals surface area (Å²) in [5.74, 6) is 0.644. The molecule has 0 radical (unpaired) electrons. The number of benzene rings is 2. The molecule has 4 rings (SSSR count). The molecule has 2 aliphatic rings. The summed E-state index contributed by atoms with van der Waals surface area (Å²) < 4.78 is 1.84. The SMILES string of the molecule is CN(C)CCc1ccc(Nn2cnc3nnc(-c4ccccc4)c-3c2)cc1. The molecule has 0 unspecified atom stereocenters. The lowest BCUT2D eigenvalue weighted by Crippen LogP contribution is -2.15. The molecule has 1 N–H and O–H groups in total. The quantitative estimate of drug-likeness (QED) is 0.572. The van der Waals surface area contributed by atoms with E-state index < -0.39 is 0 Å². The first-order valence-corrected chi connectivity index (χ1v) is 8.95. The first-order chi connectivity index (χ1) is 13.2. The third-order valence-electron chi connectivity index (χ3n) is 4.42. The summed E-state index contributed by atoms with van der Waals surface area (Å²) in [6.07, 6.45) is 4.73. The van der Waals surface area contributed by atoms with Gasteiger partial charge in [0.25, 0.3) is 0 Å². The fourth-order valence-electron chi connectivity index (χ4n) is 2.93. The molecule has 2 aromatic rings. The highest BCUT2D eigenvalue weighted by molar-refractivity contribution is 5.77. The number of fused-ring (bicyclic) bond motifs is 1. The molecule has 27 heavy (non-hydrogen) atoms. The summed E-state index contributed by atoms with van der Waals surface area (Å²) in [6.45, 7) is 1.04. The third kappa shape index (κ3) is 3.96. The van der Waals surface area contributed by atoms with Crippen LogP contribution in [0.5, 0.6) is 0 Å². The number of nitrogens with zero attached hydrogens (tertiary/aromatic N) is 5. The maximum absolute atomic E-state index is 4.41. The van der Waals surface area contributed by atoms with E-state index in [1.165, 1.54) is 5.56 Å². The maximum Gasteiger partial charge on any atom is 0.187 e. The van der Waals surface area contributed by atoms with Crippen LogP contribution in [0.3, 0.4) is 0 Å². The van der Waals surface area contributed by atoms with Gasteiger partial charge in [0.15, 0.2) is 5.82 Å². The monoisotopic (exact) mass is 358 g/mol. The molecular weight excluding hydrogens is 336 g/mol. The zero-order valence-corrected chi connectivity index (χ0v) is 15.5. The number of anilines is 1. The summed E-state index contributed by atoms with van der Waals surface area (Å²) in [4.78, 5) is 6.60. The molecule has 0 fully saturated rings. The van der Waals surface area contributed by atoms with Crippen LogP contribution in [0.1, 0.15) is 5.56 Å². The second kappa shape index (κ2) is 7.55. The molecule has 0 amide bonds. The number of aromatic nitrogens is 4. The van der Waals surface area contributed by atoms with Crippen LogP contribution in [-0.2, 0) is 6.42 Å². The van der Waals surface area contributed by atoms with Crippen molar-refractivity contribution in [2.75, 3.05) is 26.1 Å². The van der Waals surface area contributed by atoms with Crippen LogP contribution >= 0.6 is 0 Å². The molecule has 6 nitrogen and oxygen atoms in total. The van der Waals surface area contributed by atoms with E-state index in [0.29, 0.717) is 5.82 Å². The Kier molecular flexibility index (Phi) is 4.80. The standard InChI is InChI=1S/C21H22N6/c1-26(2)13-12-16-8-10-18(11-9-16)25-27-14-19-20(17-6-4-3-5-7-17)23-24-21(19)22-15-27/h3-11,14-15,25H,12-13H2,1-2H3. The molecule has 0 aromatic heterocycles. The predicted molar refractivity (Wildman–Crippen MR) is 108 cm³/mol. The lowest BCUT2D eigenvalue weighted by Gasteiger charge is -2.13. The summed E-state index contributed by atoms with van der Waals surface area (Å²) in [6, 6.07) is 18.5. The Labute approximate surface area is 158 Å². The maximum atomic E-state index is 4.41. The van der Waals surface area contributed by atoms with Gasteiger partial charge in [0.1, 0.15) is 12.0 Å². The van der Waals surface area contributed by atoms with Crippen molar-refractivity contribution in [1.82, 2.24) is 24.8 Å². The highest BCUT2D eigenvalue weighted by Gasteiger charge is 2.16. The second-order valence-electron chi connectivity index (χ2n) is 6.79.